The fourth-order valence-electron chi connectivity index (χ4n) is 11.2. The fraction of sp³-hybridized carbons (Fsp3) is 0.0323. The molecule has 4 heterocycles. The van der Waals surface area contributed by atoms with Gasteiger partial charge in [0, 0.05) is 35.1 Å². The van der Waals surface area contributed by atoms with Crippen LogP contribution in [0.3, 0.4) is 0 Å². The van der Waals surface area contributed by atoms with Gasteiger partial charge in [0.2, 0.25) is 0 Å². The van der Waals surface area contributed by atoms with Crippen LogP contribution >= 0.6 is 0 Å². The predicted octanol–water partition coefficient (Wildman–Crippen LogP) is 11.2. The number of benzene rings is 9. The number of nitrogens with zero attached hydrogens (tertiary/aromatic N) is 4. The van der Waals surface area contributed by atoms with E-state index in [9.17, 15) is 0 Å². The second kappa shape index (κ2) is 17.0. The van der Waals surface area contributed by atoms with Crippen molar-refractivity contribution in [2.45, 2.75) is 5.41 Å². The number of aromatic nitrogens is 4. The van der Waals surface area contributed by atoms with E-state index in [-0.39, 0.29) is 20.4 Å². The molecule has 0 spiro atoms. The van der Waals surface area contributed by atoms with Crippen molar-refractivity contribution in [2.75, 3.05) is 0 Å². The van der Waals surface area contributed by atoms with Gasteiger partial charge < -0.3 is 13.9 Å². The minimum absolute atomic E-state index is 0. The zero-order valence-corrected chi connectivity index (χ0v) is 40.1. The number of rotatable bonds is 8. The third-order valence-corrected chi connectivity index (χ3v) is 18.6. The topological polar surface area (TPSA) is 44.9 Å². The fourth-order valence-corrected chi connectivity index (χ4v) is 15.8. The summed E-state index contributed by atoms with van der Waals surface area (Å²) in [7, 11) is -1.09. The molecule has 69 heavy (non-hydrogen) atoms. The van der Waals surface area contributed by atoms with Crippen LogP contribution in [0.15, 0.2) is 237 Å². The van der Waals surface area contributed by atoms with Gasteiger partial charge >= 0.3 is 20.4 Å². The molecule has 12 aromatic rings. The summed E-state index contributed by atoms with van der Waals surface area (Å²) in [5.74, 6) is 2.54. The molecule has 1 aliphatic rings. The summed E-state index contributed by atoms with van der Waals surface area (Å²) in [5, 5.41) is 6.82. The van der Waals surface area contributed by atoms with E-state index in [1.54, 1.807) is 0 Å². The van der Waals surface area contributed by atoms with Crippen LogP contribution in [0.25, 0.3) is 50.0 Å². The van der Waals surface area contributed by atoms with E-state index < -0.39 is 13.5 Å². The number of hydrogen-bond acceptors (Lipinski definition) is 3. The van der Waals surface area contributed by atoms with E-state index in [2.05, 4.69) is 247 Å². The van der Waals surface area contributed by atoms with E-state index in [0.29, 0.717) is 0 Å². The van der Waals surface area contributed by atoms with E-state index in [1.807, 2.05) is 18.3 Å². The van der Waals surface area contributed by atoms with Gasteiger partial charge in [0.1, 0.15) is 25.2 Å². The molecule has 0 N–H and O–H groups in total. The molecule has 1 aliphatic heterocycles. The molecule has 0 atom stereocenters. The molecule has 330 valence electrons. The molecule has 7 heteroatoms. The normalized spacial score (nSPS) is 12.8. The van der Waals surface area contributed by atoms with Crippen molar-refractivity contribution in [3.63, 3.8) is 0 Å². The molecule has 0 saturated heterocycles. The summed E-state index contributed by atoms with van der Waals surface area (Å²) in [6.45, 7) is 0. The maximum atomic E-state index is 6.98. The Labute approximate surface area is 415 Å². The average Bonchev–Trinajstić information content (AvgIpc) is 3.94. The van der Waals surface area contributed by atoms with E-state index in [1.165, 1.54) is 10.4 Å². The van der Waals surface area contributed by atoms with Gasteiger partial charge in [-0.1, -0.05) is 157 Å². The molecule has 0 radical (unpaired) electrons. The number of para-hydroxylation sites is 3. The Morgan fingerprint density at radius 3 is 1.83 bits per heavy atom. The number of pyridine rings is 1. The quantitative estimate of drug-likeness (QED) is 0.0866. The number of ether oxygens (including phenoxy) is 1. The van der Waals surface area contributed by atoms with Crippen molar-refractivity contribution in [3.05, 3.63) is 271 Å². The molecule has 9 aromatic carbocycles. The Morgan fingerprint density at radius 2 is 1.13 bits per heavy atom. The molecule has 0 saturated carbocycles. The van der Waals surface area contributed by atoms with Gasteiger partial charge in [-0.05, 0) is 64.0 Å². The number of hydrogen-bond donors (Lipinski definition) is 0. The third-order valence-electron chi connectivity index (χ3n) is 14.0. The minimum Gasteiger partial charge on any atom is -0.457 e. The smallest absolute Gasteiger partial charge is 0.457 e. The molecule has 0 amide bonds. The first-order valence-corrected chi connectivity index (χ1v) is 25.1. The summed E-state index contributed by atoms with van der Waals surface area (Å²) in [6.07, 6.45) is 1.90. The Hall–Kier alpha value is -7.92. The van der Waals surface area contributed by atoms with Gasteiger partial charge in [-0.3, -0.25) is 4.98 Å². The van der Waals surface area contributed by atoms with Crippen molar-refractivity contribution >= 4 is 61.8 Å². The van der Waals surface area contributed by atoms with Gasteiger partial charge in [0.05, 0.1) is 27.8 Å². The van der Waals surface area contributed by atoms with Crippen LogP contribution < -0.4 is 25.5 Å². The number of aryl methyl sites for hydroxylation is 1. The SMILES string of the molecule is Cn1c(-c2[c-]c([Si](c3[c-]c(-n4c5ccc6c(c5c5cccnc54)C(c4ccccc4)(c4ccccc4)c4ccccc4O6)ccc3)(c3ccccc3)c3ccccc3)ccc2)nc2ccccc21.[Pd+2]. The van der Waals surface area contributed by atoms with Gasteiger partial charge in [-0.25, -0.2) is 4.98 Å². The Morgan fingerprint density at radius 1 is 0.522 bits per heavy atom. The first kappa shape index (κ1) is 42.4. The summed E-state index contributed by atoms with van der Waals surface area (Å²) >= 11 is 0. The van der Waals surface area contributed by atoms with Crippen LogP contribution in [-0.4, -0.2) is 27.2 Å². The van der Waals surface area contributed by atoms with Crippen molar-refractivity contribution < 1.29 is 25.2 Å². The standard InChI is InChI=1S/C62H42N4OSi.Pd/c1-65-54-36-16-15-35-53(54)64-60(65)43-21-18-31-49(41-43)68(47-27-10-4-11-28-47,48-29-12-5-13-30-48)50-32-19-26-46(42-50)66-55-38-39-57-59(58(55)51-33-20-40-63-61(51)66)62(44-22-6-2-7-23-44,45-24-8-3-9-25-45)52-34-14-17-37-56(52)67-57;/h2-40H,1H3;/q-2;+2. The van der Waals surface area contributed by atoms with E-state index in [4.69, 9.17) is 14.7 Å². The first-order chi connectivity index (χ1) is 33.7. The van der Waals surface area contributed by atoms with Gasteiger partial charge in [-0.2, -0.15) is 23.4 Å². The maximum Gasteiger partial charge on any atom is 2.00 e. The van der Waals surface area contributed by atoms with Crippen molar-refractivity contribution in [1.29, 1.82) is 0 Å². The average molecular weight is 994 g/mol. The zero-order chi connectivity index (χ0) is 45.2. The molecule has 5 nitrogen and oxygen atoms in total. The molecule has 13 rings (SSSR count). The van der Waals surface area contributed by atoms with Crippen LogP contribution in [0.1, 0.15) is 22.3 Å². The van der Waals surface area contributed by atoms with Crippen LogP contribution in [0, 0.1) is 12.1 Å². The van der Waals surface area contributed by atoms with Gasteiger partial charge in [0.15, 0.2) is 0 Å². The molecule has 0 unspecified atom stereocenters. The molecule has 0 bridgehead atoms. The van der Waals surface area contributed by atoms with Crippen LogP contribution in [-0.2, 0) is 32.9 Å². The van der Waals surface area contributed by atoms with Crippen LogP contribution in [0.2, 0.25) is 0 Å². The van der Waals surface area contributed by atoms with Gasteiger partial charge in [0.25, 0.3) is 0 Å². The molecule has 0 fully saturated rings. The van der Waals surface area contributed by atoms with Gasteiger partial charge in [-0.15, -0.1) is 41.1 Å². The number of fused-ring (bicyclic) bond motifs is 7. The Kier molecular flexibility index (Phi) is 10.5. The molecular weight excluding hydrogens is 951 g/mol. The molecule has 0 aliphatic carbocycles. The summed E-state index contributed by atoms with van der Waals surface area (Å²) in [4.78, 5) is 10.4. The summed E-state index contributed by atoms with van der Waals surface area (Å²) in [6, 6.07) is 90.6. The Balaban J connectivity index is 0.00000492. The second-order valence-corrected chi connectivity index (χ2v) is 21.2. The van der Waals surface area contributed by atoms with E-state index >= 15 is 0 Å². The summed E-state index contributed by atoms with van der Waals surface area (Å²) in [5.41, 5.74) is 9.53. The van der Waals surface area contributed by atoms with Crippen molar-refractivity contribution in [1.82, 2.24) is 19.1 Å². The van der Waals surface area contributed by atoms with Crippen molar-refractivity contribution in [2.24, 2.45) is 7.05 Å². The third kappa shape index (κ3) is 6.39. The Bertz CT molecular complexity index is 3770. The monoisotopic (exact) mass is 992 g/mol. The predicted molar refractivity (Wildman–Crippen MR) is 278 cm³/mol. The maximum absolute atomic E-state index is 6.98. The zero-order valence-electron chi connectivity index (χ0n) is 37.5. The largest absolute Gasteiger partial charge is 2.00 e. The second-order valence-electron chi connectivity index (χ2n) is 17.5. The van der Waals surface area contributed by atoms with E-state index in [0.717, 1.165) is 94.2 Å². The van der Waals surface area contributed by atoms with Crippen LogP contribution in [0.4, 0.5) is 0 Å². The molecular formula is C62H42N4OPdSi. The van der Waals surface area contributed by atoms with Crippen LogP contribution in [0.5, 0.6) is 11.5 Å². The first-order valence-electron chi connectivity index (χ1n) is 23.1. The number of imidazole rings is 1. The molecule has 3 aromatic heterocycles. The van der Waals surface area contributed by atoms with Crippen molar-refractivity contribution in [3.8, 4) is 28.6 Å². The summed E-state index contributed by atoms with van der Waals surface area (Å²) < 4.78 is 11.5. The minimum atomic E-state index is -3.18.